The molecule has 0 atom stereocenters. The molecule has 1 aromatic heterocycles. The van der Waals surface area contributed by atoms with E-state index < -0.39 is 0 Å². The maximum Gasteiger partial charge on any atom is 0.227 e. The van der Waals surface area contributed by atoms with Crippen molar-refractivity contribution in [2.75, 3.05) is 4.90 Å². The van der Waals surface area contributed by atoms with E-state index >= 15 is 0 Å². The Morgan fingerprint density at radius 3 is 1.83 bits per heavy atom. The van der Waals surface area contributed by atoms with Crippen molar-refractivity contribution in [1.82, 2.24) is 4.98 Å². The molecule has 0 aliphatic heterocycles. The van der Waals surface area contributed by atoms with Crippen LogP contribution in [0.4, 0.5) is 17.1 Å². The van der Waals surface area contributed by atoms with Crippen molar-refractivity contribution in [3.63, 3.8) is 0 Å². The zero-order chi connectivity index (χ0) is 34.4. The first-order valence-corrected chi connectivity index (χ1v) is 17.6. The summed E-state index contributed by atoms with van der Waals surface area (Å²) in [4.78, 5) is 7.21. The maximum atomic E-state index is 6.13. The lowest BCUT2D eigenvalue weighted by Crippen LogP contribution is -2.09. The van der Waals surface area contributed by atoms with E-state index in [0.717, 1.165) is 44.5 Å². The van der Waals surface area contributed by atoms with Crippen LogP contribution < -0.4 is 4.90 Å². The van der Waals surface area contributed by atoms with Crippen LogP contribution in [-0.4, -0.2) is 4.98 Å². The molecule has 0 aliphatic carbocycles. The predicted octanol–water partition coefficient (Wildman–Crippen LogP) is 13.8. The molecule has 0 spiro atoms. The lowest BCUT2D eigenvalue weighted by molar-refractivity contribution is 0.620. The molecular formula is C49H32N2O. The number of aromatic nitrogens is 1. The van der Waals surface area contributed by atoms with E-state index in [4.69, 9.17) is 9.40 Å². The van der Waals surface area contributed by atoms with Crippen LogP contribution in [0, 0.1) is 0 Å². The fourth-order valence-electron chi connectivity index (χ4n) is 7.45. The van der Waals surface area contributed by atoms with Gasteiger partial charge in [-0.2, -0.15) is 0 Å². The van der Waals surface area contributed by atoms with Gasteiger partial charge in [0, 0.05) is 28.0 Å². The molecule has 0 N–H and O–H groups in total. The molecule has 52 heavy (non-hydrogen) atoms. The average molecular weight is 665 g/mol. The van der Waals surface area contributed by atoms with Crippen LogP contribution in [0.25, 0.3) is 77.1 Å². The molecule has 10 rings (SSSR count). The van der Waals surface area contributed by atoms with E-state index in [1.807, 2.05) is 36.4 Å². The summed E-state index contributed by atoms with van der Waals surface area (Å²) in [5.74, 6) is 0.643. The third-order valence-corrected chi connectivity index (χ3v) is 10.1. The molecule has 9 aromatic carbocycles. The monoisotopic (exact) mass is 664 g/mol. The molecule has 0 fully saturated rings. The Morgan fingerprint density at radius 2 is 0.981 bits per heavy atom. The molecule has 0 amide bonds. The lowest BCUT2D eigenvalue weighted by Gasteiger charge is -2.26. The van der Waals surface area contributed by atoms with Gasteiger partial charge in [-0.05, 0) is 116 Å². The second-order valence-corrected chi connectivity index (χ2v) is 13.2. The summed E-state index contributed by atoms with van der Waals surface area (Å²) in [5, 5.41) is 7.12. The molecule has 0 radical (unpaired) electrons. The van der Waals surface area contributed by atoms with E-state index in [2.05, 4.69) is 163 Å². The van der Waals surface area contributed by atoms with E-state index in [1.165, 1.54) is 43.8 Å². The highest BCUT2D eigenvalue weighted by Gasteiger charge is 2.15. The third kappa shape index (κ3) is 5.28. The van der Waals surface area contributed by atoms with E-state index in [9.17, 15) is 0 Å². The first-order valence-electron chi connectivity index (χ1n) is 17.6. The summed E-state index contributed by atoms with van der Waals surface area (Å²) in [6, 6.07) is 68.9. The number of rotatable bonds is 6. The average Bonchev–Trinajstić information content (AvgIpc) is 3.67. The number of para-hydroxylation sites is 1. The van der Waals surface area contributed by atoms with Crippen LogP contribution in [0.2, 0.25) is 0 Å². The minimum atomic E-state index is 0.643. The van der Waals surface area contributed by atoms with Gasteiger partial charge in [-0.3, -0.25) is 0 Å². The summed E-state index contributed by atoms with van der Waals surface area (Å²) in [6.45, 7) is 0. The Labute approximate surface area is 301 Å². The van der Waals surface area contributed by atoms with Gasteiger partial charge < -0.3 is 9.32 Å². The van der Waals surface area contributed by atoms with Gasteiger partial charge in [0.1, 0.15) is 5.52 Å². The first kappa shape index (κ1) is 29.9. The van der Waals surface area contributed by atoms with E-state index in [0.29, 0.717) is 5.89 Å². The Balaban J connectivity index is 0.989. The van der Waals surface area contributed by atoms with Gasteiger partial charge in [-0.25, -0.2) is 4.98 Å². The highest BCUT2D eigenvalue weighted by molar-refractivity contribution is 6.06. The van der Waals surface area contributed by atoms with E-state index in [-0.39, 0.29) is 0 Å². The van der Waals surface area contributed by atoms with Crippen molar-refractivity contribution in [2.45, 2.75) is 0 Å². The molecule has 10 aromatic rings. The van der Waals surface area contributed by atoms with Crippen LogP contribution in [0.5, 0.6) is 0 Å². The Kier molecular flexibility index (Phi) is 7.14. The van der Waals surface area contributed by atoms with Gasteiger partial charge in [0.2, 0.25) is 5.89 Å². The number of nitrogens with zero attached hydrogens (tertiary/aromatic N) is 2. The second kappa shape index (κ2) is 12.4. The van der Waals surface area contributed by atoms with Gasteiger partial charge >= 0.3 is 0 Å². The molecule has 0 unspecified atom stereocenters. The van der Waals surface area contributed by atoms with E-state index in [1.54, 1.807) is 0 Å². The Bertz CT molecular complexity index is 2890. The summed E-state index contributed by atoms with van der Waals surface area (Å²) >= 11 is 0. The summed E-state index contributed by atoms with van der Waals surface area (Å²) in [5.41, 5.74) is 10.8. The third-order valence-electron chi connectivity index (χ3n) is 10.1. The van der Waals surface area contributed by atoms with Gasteiger partial charge in [-0.15, -0.1) is 0 Å². The minimum absolute atomic E-state index is 0.643. The number of oxazole rings is 1. The molecule has 244 valence electrons. The molecular weight excluding hydrogens is 633 g/mol. The highest BCUT2D eigenvalue weighted by Crippen LogP contribution is 2.39. The van der Waals surface area contributed by atoms with Crippen LogP contribution in [0.1, 0.15) is 0 Å². The van der Waals surface area contributed by atoms with Gasteiger partial charge in [0.05, 0.1) is 0 Å². The van der Waals surface area contributed by atoms with Gasteiger partial charge in [0.15, 0.2) is 5.58 Å². The van der Waals surface area contributed by atoms with Crippen molar-refractivity contribution in [2.24, 2.45) is 0 Å². The molecule has 1 heterocycles. The fraction of sp³-hybridized carbons (Fsp3) is 0. The molecule has 3 heteroatoms. The molecule has 0 saturated carbocycles. The van der Waals surface area contributed by atoms with Crippen LogP contribution >= 0.6 is 0 Å². The summed E-state index contributed by atoms with van der Waals surface area (Å²) < 4.78 is 6.13. The molecule has 0 bridgehead atoms. The largest absolute Gasteiger partial charge is 0.436 e. The molecule has 0 aliphatic rings. The van der Waals surface area contributed by atoms with Crippen molar-refractivity contribution < 1.29 is 4.42 Å². The lowest BCUT2D eigenvalue weighted by atomic mass is 9.97. The zero-order valence-corrected chi connectivity index (χ0v) is 28.3. The van der Waals surface area contributed by atoms with Crippen molar-refractivity contribution in [3.8, 4) is 33.7 Å². The van der Waals surface area contributed by atoms with Gasteiger partial charge in [-0.1, -0.05) is 127 Å². The normalized spacial score (nSPS) is 11.5. The van der Waals surface area contributed by atoms with Crippen LogP contribution in [0.15, 0.2) is 199 Å². The number of benzene rings is 9. The quantitative estimate of drug-likeness (QED) is 0.177. The SMILES string of the molecule is c1ccc(-c2nc3c(ccc4cc(-c5ccc6cc(N(c7ccccc7)c7ccc(-c8cccc9ccccc89)cc7)ccc6c5)ccc43)o2)cc1. The Hall–Kier alpha value is -6.97. The van der Waals surface area contributed by atoms with Crippen molar-refractivity contribution >= 4 is 60.5 Å². The van der Waals surface area contributed by atoms with Crippen molar-refractivity contribution in [3.05, 3.63) is 194 Å². The topological polar surface area (TPSA) is 29.3 Å². The number of fused-ring (bicyclic) bond motifs is 5. The maximum absolute atomic E-state index is 6.13. The van der Waals surface area contributed by atoms with Crippen LogP contribution in [0.3, 0.4) is 0 Å². The number of hydrogen-bond acceptors (Lipinski definition) is 3. The summed E-state index contributed by atoms with van der Waals surface area (Å²) in [6.07, 6.45) is 0. The van der Waals surface area contributed by atoms with Crippen molar-refractivity contribution in [1.29, 1.82) is 0 Å². The molecule has 0 saturated heterocycles. The van der Waals surface area contributed by atoms with Gasteiger partial charge in [0.25, 0.3) is 0 Å². The summed E-state index contributed by atoms with van der Waals surface area (Å²) in [7, 11) is 0. The Morgan fingerprint density at radius 1 is 0.365 bits per heavy atom. The predicted molar refractivity (Wildman–Crippen MR) is 218 cm³/mol. The first-order chi connectivity index (χ1) is 25.7. The highest BCUT2D eigenvalue weighted by atomic mass is 16.3. The second-order valence-electron chi connectivity index (χ2n) is 13.2. The zero-order valence-electron chi connectivity index (χ0n) is 28.3. The molecule has 3 nitrogen and oxygen atoms in total. The fourth-order valence-corrected chi connectivity index (χ4v) is 7.45. The van der Waals surface area contributed by atoms with Crippen LogP contribution in [-0.2, 0) is 0 Å². The smallest absolute Gasteiger partial charge is 0.227 e. The number of hydrogen-bond donors (Lipinski definition) is 0. The minimum Gasteiger partial charge on any atom is -0.436 e. The number of anilines is 3. The standard InChI is InChI=1S/C49H32N2O/c1-3-11-35(12-4-1)49-50-48-46-28-23-38(31-40(46)24-29-47(48)52-49)36-18-19-39-32-43(27-22-37(39)30-36)51(41-14-5-2-6-15-41)42-25-20-34(21-26-42)45-17-9-13-33-10-7-8-16-44(33)45/h1-32H.